The van der Waals surface area contributed by atoms with Crippen molar-refractivity contribution in [3.05, 3.63) is 0 Å². The lowest BCUT2D eigenvalue weighted by Gasteiger charge is -2.38. The highest BCUT2D eigenvalue weighted by molar-refractivity contribution is 5.79. The molecule has 2 atom stereocenters. The summed E-state index contributed by atoms with van der Waals surface area (Å²) in [6.07, 6.45) is 4.01. The minimum atomic E-state index is -0.190. The third-order valence-corrected chi connectivity index (χ3v) is 4.44. The molecule has 0 aromatic rings. The summed E-state index contributed by atoms with van der Waals surface area (Å²) in [5, 5.41) is 6.75. The molecule has 1 aliphatic rings. The highest BCUT2D eigenvalue weighted by atomic mass is 16.5. The van der Waals surface area contributed by atoms with Crippen LogP contribution in [-0.2, 0) is 4.74 Å². The van der Waals surface area contributed by atoms with Gasteiger partial charge in [-0.25, -0.2) is 0 Å². The maximum Gasteiger partial charge on any atom is 0.191 e. The van der Waals surface area contributed by atoms with Crippen molar-refractivity contribution in [2.75, 3.05) is 33.8 Å². The van der Waals surface area contributed by atoms with Gasteiger partial charge in [0.05, 0.1) is 5.60 Å². The average Bonchev–Trinajstić information content (AvgIpc) is 2.47. The molecule has 1 saturated heterocycles. The normalized spacial score (nSPS) is 23.0. The van der Waals surface area contributed by atoms with Crippen molar-refractivity contribution in [2.24, 2.45) is 4.99 Å². The zero-order chi connectivity index (χ0) is 15.9. The van der Waals surface area contributed by atoms with Crippen LogP contribution in [0, 0.1) is 0 Å². The lowest BCUT2D eigenvalue weighted by molar-refractivity contribution is 0.0268. The van der Waals surface area contributed by atoms with Crippen LogP contribution < -0.4 is 10.6 Å². The minimum absolute atomic E-state index is 0.190. The van der Waals surface area contributed by atoms with Crippen LogP contribution in [0.15, 0.2) is 4.99 Å². The Kier molecular flexibility index (Phi) is 7.46. The first-order valence-electron chi connectivity index (χ1n) is 8.15. The fourth-order valence-corrected chi connectivity index (χ4v) is 2.73. The second kappa shape index (κ2) is 8.59. The van der Waals surface area contributed by atoms with E-state index in [1.807, 2.05) is 7.05 Å². The second-order valence-corrected chi connectivity index (χ2v) is 6.70. The number of guanidine groups is 1. The van der Waals surface area contributed by atoms with Crippen LogP contribution in [0.3, 0.4) is 0 Å². The van der Waals surface area contributed by atoms with Crippen molar-refractivity contribution in [2.45, 2.75) is 64.6 Å². The van der Waals surface area contributed by atoms with Gasteiger partial charge in [-0.1, -0.05) is 6.42 Å². The summed E-state index contributed by atoms with van der Waals surface area (Å²) in [6.45, 7) is 11.6. The molecular weight excluding hydrogens is 264 g/mol. The van der Waals surface area contributed by atoms with Crippen LogP contribution >= 0.6 is 0 Å². The predicted octanol–water partition coefficient (Wildman–Crippen LogP) is 1.84. The molecule has 0 aliphatic carbocycles. The maximum absolute atomic E-state index is 5.41. The number of hydrogen-bond acceptors (Lipinski definition) is 3. The molecule has 21 heavy (non-hydrogen) atoms. The molecule has 0 radical (unpaired) electrons. The highest BCUT2D eigenvalue weighted by Gasteiger charge is 2.23. The van der Waals surface area contributed by atoms with Gasteiger partial charge in [-0.2, -0.15) is 0 Å². The van der Waals surface area contributed by atoms with Gasteiger partial charge in [0.1, 0.15) is 0 Å². The van der Waals surface area contributed by atoms with Crippen molar-refractivity contribution in [3.63, 3.8) is 0 Å². The van der Waals surface area contributed by atoms with Crippen molar-refractivity contribution in [1.29, 1.82) is 0 Å². The summed E-state index contributed by atoms with van der Waals surface area (Å²) in [5.41, 5.74) is -0.190. The Morgan fingerprint density at radius 3 is 2.67 bits per heavy atom. The van der Waals surface area contributed by atoms with Crippen LogP contribution in [0.1, 0.15) is 47.0 Å². The fraction of sp³-hybridized carbons (Fsp3) is 0.938. The number of hydrogen-bond donors (Lipinski definition) is 2. The molecule has 2 N–H and O–H groups in total. The van der Waals surface area contributed by atoms with Crippen LogP contribution in [0.2, 0.25) is 0 Å². The van der Waals surface area contributed by atoms with E-state index in [-0.39, 0.29) is 5.60 Å². The van der Waals surface area contributed by atoms with Gasteiger partial charge in [-0.3, -0.25) is 9.89 Å². The summed E-state index contributed by atoms with van der Waals surface area (Å²) in [6, 6.07) is 1.22. The molecular formula is C16H34N4O. The van der Waals surface area contributed by atoms with E-state index in [1.165, 1.54) is 25.8 Å². The van der Waals surface area contributed by atoms with Crippen molar-refractivity contribution in [3.8, 4) is 0 Å². The maximum atomic E-state index is 5.41. The number of rotatable bonds is 6. The van der Waals surface area contributed by atoms with Gasteiger partial charge in [-0.15, -0.1) is 0 Å². The largest absolute Gasteiger partial charge is 0.377 e. The van der Waals surface area contributed by atoms with Crippen LogP contribution in [0.25, 0.3) is 0 Å². The standard InChI is InChI=1S/C16H34N4O/c1-13-9-7-8-10-20(13)14(2)11-18-15(17-5)19-12-16(3,4)21-6/h13-14H,7-12H2,1-6H3,(H2,17,18,19). The Bertz CT molecular complexity index is 330. The quantitative estimate of drug-likeness (QED) is 0.580. The van der Waals surface area contributed by atoms with E-state index in [1.54, 1.807) is 7.11 Å². The van der Waals surface area contributed by atoms with Crippen LogP contribution in [-0.4, -0.2) is 62.3 Å². The number of ether oxygens (including phenoxy) is 1. The van der Waals surface area contributed by atoms with E-state index in [4.69, 9.17) is 4.74 Å². The molecule has 0 aromatic carbocycles. The third kappa shape index (κ3) is 6.22. The minimum Gasteiger partial charge on any atom is -0.377 e. The zero-order valence-corrected chi connectivity index (χ0v) is 14.7. The third-order valence-electron chi connectivity index (χ3n) is 4.44. The molecule has 0 saturated carbocycles. The summed E-state index contributed by atoms with van der Waals surface area (Å²) in [5.74, 6) is 0.844. The molecule has 0 aromatic heterocycles. The van der Waals surface area contributed by atoms with Crippen LogP contribution in [0.5, 0.6) is 0 Å². The first-order valence-corrected chi connectivity index (χ1v) is 8.15. The number of nitrogens with one attached hydrogen (secondary N) is 2. The van der Waals surface area contributed by atoms with Gasteiger partial charge in [-0.05, 0) is 47.1 Å². The Balaban J connectivity index is 2.37. The van der Waals surface area contributed by atoms with E-state index in [0.29, 0.717) is 12.1 Å². The summed E-state index contributed by atoms with van der Waals surface area (Å²) in [7, 11) is 3.54. The first-order chi connectivity index (χ1) is 9.89. The van der Waals surface area contributed by atoms with Gasteiger partial charge >= 0.3 is 0 Å². The average molecular weight is 298 g/mol. The predicted molar refractivity (Wildman–Crippen MR) is 89.9 cm³/mol. The highest BCUT2D eigenvalue weighted by Crippen LogP contribution is 2.18. The number of nitrogens with zero attached hydrogens (tertiary/aromatic N) is 2. The smallest absolute Gasteiger partial charge is 0.191 e. The molecule has 1 heterocycles. The lowest BCUT2D eigenvalue weighted by atomic mass is 10.0. The van der Waals surface area contributed by atoms with Gasteiger partial charge in [0.25, 0.3) is 0 Å². The van der Waals surface area contributed by atoms with Gasteiger partial charge < -0.3 is 15.4 Å². The molecule has 0 spiro atoms. The van der Waals surface area contributed by atoms with Gasteiger partial charge in [0, 0.05) is 39.3 Å². The SMILES string of the molecule is CN=C(NCC(C)N1CCCCC1C)NCC(C)(C)OC. The molecule has 5 heteroatoms. The summed E-state index contributed by atoms with van der Waals surface area (Å²) >= 11 is 0. The van der Waals surface area contributed by atoms with E-state index >= 15 is 0 Å². The molecule has 124 valence electrons. The molecule has 1 fully saturated rings. The molecule has 1 rings (SSSR count). The number of piperidine rings is 1. The molecule has 0 bridgehead atoms. The van der Waals surface area contributed by atoms with E-state index in [0.717, 1.165) is 19.0 Å². The van der Waals surface area contributed by atoms with Crippen molar-refractivity contribution in [1.82, 2.24) is 15.5 Å². The Hall–Kier alpha value is -0.810. The topological polar surface area (TPSA) is 48.9 Å². The van der Waals surface area contributed by atoms with Gasteiger partial charge in [0.2, 0.25) is 0 Å². The molecule has 5 nitrogen and oxygen atoms in total. The van der Waals surface area contributed by atoms with E-state index < -0.39 is 0 Å². The summed E-state index contributed by atoms with van der Waals surface area (Å²) in [4.78, 5) is 6.88. The summed E-state index contributed by atoms with van der Waals surface area (Å²) < 4.78 is 5.41. The fourth-order valence-electron chi connectivity index (χ4n) is 2.73. The number of methoxy groups -OCH3 is 1. The van der Waals surface area contributed by atoms with Gasteiger partial charge in [0.15, 0.2) is 5.96 Å². The Labute approximate surface area is 130 Å². The molecule has 0 amide bonds. The van der Waals surface area contributed by atoms with E-state index in [9.17, 15) is 0 Å². The monoisotopic (exact) mass is 298 g/mol. The van der Waals surface area contributed by atoms with Crippen LogP contribution in [0.4, 0.5) is 0 Å². The Morgan fingerprint density at radius 1 is 1.38 bits per heavy atom. The molecule has 2 unspecified atom stereocenters. The number of aliphatic imine (C=N–C) groups is 1. The Morgan fingerprint density at radius 2 is 2.10 bits per heavy atom. The van der Waals surface area contributed by atoms with E-state index in [2.05, 4.69) is 48.2 Å². The second-order valence-electron chi connectivity index (χ2n) is 6.70. The molecule has 1 aliphatic heterocycles. The van der Waals surface area contributed by atoms with Crippen molar-refractivity contribution >= 4 is 5.96 Å². The van der Waals surface area contributed by atoms with Crippen molar-refractivity contribution < 1.29 is 4.74 Å². The first kappa shape index (κ1) is 18.2. The zero-order valence-electron chi connectivity index (χ0n) is 14.7. The number of likely N-dealkylation sites (tertiary alicyclic amines) is 1. The lowest BCUT2D eigenvalue weighted by Crippen LogP contribution is -2.51.